The molecule has 0 unspecified atom stereocenters. The molecule has 1 saturated heterocycles. The summed E-state index contributed by atoms with van der Waals surface area (Å²) in [5.74, 6) is -0.0453. The Labute approximate surface area is 167 Å². The molecule has 0 aromatic heterocycles. The molecule has 0 aliphatic carbocycles. The van der Waals surface area contributed by atoms with E-state index in [0.29, 0.717) is 24.2 Å². The number of aryl methyl sites for hydroxylation is 3. The molecule has 150 valence electrons. The van der Waals surface area contributed by atoms with Crippen LogP contribution in [0.4, 0.5) is 5.69 Å². The normalized spacial score (nSPS) is 17.2. The molecule has 5 nitrogen and oxygen atoms in total. The maximum Gasteiger partial charge on any atom is 0.251 e. The molecule has 0 saturated carbocycles. The van der Waals surface area contributed by atoms with Crippen LogP contribution < -0.4 is 9.62 Å². The first kappa shape index (κ1) is 20.4. The van der Waals surface area contributed by atoms with Crippen LogP contribution in [0.25, 0.3) is 0 Å². The van der Waals surface area contributed by atoms with Gasteiger partial charge in [-0.05, 0) is 69.4 Å². The van der Waals surface area contributed by atoms with Crippen molar-refractivity contribution < 1.29 is 13.2 Å². The molecular weight excluding hydrogens is 372 g/mol. The van der Waals surface area contributed by atoms with E-state index in [2.05, 4.69) is 23.5 Å². The molecule has 28 heavy (non-hydrogen) atoms. The number of hydrogen-bond donors (Lipinski definition) is 1. The number of rotatable bonds is 4. The van der Waals surface area contributed by atoms with Gasteiger partial charge in [-0.25, -0.2) is 8.42 Å². The lowest BCUT2D eigenvalue weighted by Gasteiger charge is -2.30. The summed E-state index contributed by atoms with van der Waals surface area (Å²) in [5.41, 5.74) is 5.28. The zero-order valence-electron chi connectivity index (χ0n) is 17.0. The number of carbonyl (C=O) groups is 1. The van der Waals surface area contributed by atoms with Crippen molar-refractivity contribution in [1.82, 2.24) is 5.32 Å². The number of anilines is 1. The average Bonchev–Trinajstić information content (AvgIpc) is 2.64. The maximum absolute atomic E-state index is 12.9. The number of nitrogens with zero attached hydrogens (tertiary/aromatic N) is 1. The second-order valence-corrected chi connectivity index (χ2v) is 9.66. The van der Waals surface area contributed by atoms with Gasteiger partial charge >= 0.3 is 0 Å². The lowest BCUT2D eigenvalue weighted by atomic mass is 9.99. The van der Waals surface area contributed by atoms with Crippen LogP contribution in [0, 0.1) is 20.8 Å². The molecule has 2 aromatic carbocycles. The Morgan fingerprint density at radius 2 is 1.75 bits per heavy atom. The maximum atomic E-state index is 12.9. The first-order valence-corrected chi connectivity index (χ1v) is 11.3. The second kappa shape index (κ2) is 7.95. The number of sulfonamides is 1. The average molecular weight is 401 g/mol. The SMILES string of the molecule is Cc1ccc(C)c([C@@H](C)NC(=O)c2ccc(C)c(N3CCCCS3(=O)=O)c2)c1. The Morgan fingerprint density at radius 1 is 1.04 bits per heavy atom. The summed E-state index contributed by atoms with van der Waals surface area (Å²) in [6.07, 6.45) is 1.52. The van der Waals surface area contributed by atoms with Gasteiger partial charge in [0.1, 0.15) is 0 Å². The van der Waals surface area contributed by atoms with Crippen LogP contribution in [0.15, 0.2) is 36.4 Å². The largest absolute Gasteiger partial charge is 0.346 e. The van der Waals surface area contributed by atoms with Crippen LogP contribution in [0.5, 0.6) is 0 Å². The Morgan fingerprint density at radius 3 is 2.46 bits per heavy atom. The molecule has 1 heterocycles. The Bertz CT molecular complexity index is 999. The summed E-state index contributed by atoms with van der Waals surface area (Å²) in [7, 11) is -3.32. The van der Waals surface area contributed by atoms with E-state index < -0.39 is 10.0 Å². The topological polar surface area (TPSA) is 66.5 Å². The lowest BCUT2D eigenvalue weighted by Crippen LogP contribution is -2.38. The highest BCUT2D eigenvalue weighted by Crippen LogP contribution is 2.28. The number of amides is 1. The molecule has 0 bridgehead atoms. The van der Waals surface area contributed by atoms with Gasteiger partial charge in [0.2, 0.25) is 10.0 Å². The van der Waals surface area contributed by atoms with Gasteiger partial charge in [0.25, 0.3) is 5.91 Å². The number of carbonyl (C=O) groups excluding carboxylic acids is 1. The van der Waals surface area contributed by atoms with Crippen LogP contribution in [-0.2, 0) is 10.0 Å². The fourth-order valence-corrected chi connectivity index (χ4v) is 5.36. The van der Waals surface area contributed by atoms with Crippen LogP contribution >= 0.6 is 0 Å². The van der Waals surface area contributed by atoms with Gasteiger partial charge < -0.3 is 5.32 Å². The lowest BCUT2D eigenvalue weighted by molar-refractivity contribution is 0.0940. The minimum Gasteiger partial charge on any atom is -0.346 e. The van der Waals surface area contributed by atoms with E-state index in [1.54, 1.807) is 12.1 Å². The summed E-state index contributed by atoms with van der Waals surface area (Å²) in [4.78, 5) is 12.9. The molecule has 0 spiro atoms. The summed E-state index contributed by atoms with van der Waals surface area (Å²) in [6, 6.07) is 11.3. The van der Waals surface area contributed by atoms with Gasteiger partial charge in [-0.15, -0.1) is 0 Å². The zero-order chi connectivity index (χ0) is 20.5. The summed E-state index contributed by atoms with van der Waals surface area (Å²) in [6.45, 7) is 8.36. The van der Waals surface area contributed by atoms with E-state index in [4.69, 9.17) is 0 Å². The third kappa shape index (κ3) is 4.22. The number of hydrogen-bond acceptors (Lipinski definition) is 3. The molecule has 0 radical (unpaired) electrons. The smallest absolute Gasteiger partial charge is 0.251 e. The minimum atomic E-state index is -3.32. The van der Waals surface area contributed by atoms with Gasteiger partial charge in [-0.3, -0.25) is 9.10 Å². The predicted octanol–water partition coefficient (Wildman–Crippen LogP) is 4.03. The van der Waals surface area contributed by atoms with E-state index >= 15 is 0 Å². The Balaban J connectivity index is 1.86. The highest BCUT2D eigenvalue weighted by molar-refractivity contribution is 7.92. The van der Waals surface area contributed by atoms with Crippen molar-refractivity contribution in [2.24, 2.45) is 0 Å². The molecule has 1 N–H and O–H groups in total. The first-order valence-electron chi connectivity index (χ1n) is 9.68. The van der Waals surface area contributed by atoms with Crippen molar-refractivity contribution in [1.29, 1.82) is 0 Å². The second-order valence-electron chi connectivity index (χ2n) is 7.65. The highest BCUT2D eigenvalue weighted by atomic mass is 32.2. The highest BCUT2D eigenvalue weighted by Gasteiger charge is 2.27. The van der Waals surface area contributed by atoms with Crippen LogP contribution in [-0.4, -0.2) is 26.6 Å². The molecule has 1 amide bonds. The van der Waals surface area contributed by atoms with Gasteiger partial charge in [0.15, 0.2) is 0 Å². The number of nitrogens with one attached hydrogen (secondary N) is 1. The quantitative estimate of drug-likeness (QED) is 0.842. The van der Waals surface area contributed by atoms with Crippen molar-refractivity contribution in [3.63, 3.8) is 0 Å². The summed E-state index contributed by atoms with van der Waals surface area (Å²) in [5, 5.41) is 3.04. The predicted molar refractivity (Wildman–Crippen MR) is 113 cm³/mol. The third-order valence-corrected chi connectivity index (χ3v) is 7.19. The Hall–Kier alpha value is -2.34. The minimum absolute atomic E-state index is 0.143. The van der Waals surface area contributed by atoms with E-state index in [1.807, 2.05) is 33.8 Å². The molecule has 6 heteroatoms. The van der Waals surface area contributed by atoms with Crippen LogP contribution in [0.2, 0.25) is 0 Å². The van der Waals surface area contributed by atoms with Crippen molar-refractivity contribution in [3.05, 3.63) is 64.2 Å². The van der Waals surface area contributed by atoms with E-state index in [0.717, 1.165) is 28.7 Å². The van der Waals surface area contributed by atoms with Crippen molar-refractivity contribution in [2.75, 3.05) is 16.6 Å². The van der Waals surface area contributed by atoms with Gasteiger partial charge in [-0.2, -0.15) is 0 Å². The van der Waals surface area contributed by atoms with Crippen molar-refractivity contribution >= 4 is 21.6 Å². The standard InChI is InChI=1S/C22H28N2O3S/c1-15-7-8-16(2)20(13-15)18(4)23-22(25)19-10-9-17(3)21(14-19)24-11-5-6-12-28(24,26)27/h7-10,13-14,18H,5-6,11-12H2,1-4H3,(H,23,25)/t18-/m1/s1. The van der Waals surface area contributed by atoms with Crippen molar-refractivity contribution in [3.8, 4) is 0 Å². The van der Waals surface area contributed by atoms with Gasteiger partial charge in [0, 0.05) is 12.1 Å². The van der Waals surface area contributed by atoms with Crippen LogP contribution in [0.1, 0.15) is 58.4 Å². The van der Waals surface area contributed by atoms with E-state index in [1.165, 1.54) is 4.31 Å². The van der Waals surface area contributed by atoms with E-state index in [-0.39, 0.29) is 17.7 Å². The van der Waals surface area contributed by atoms with Gasteiger partial charge in [-0.1, -0.05) is 29.8 Å². The fourth-order valence-electron chi connectivity index (χ4n) is 3.66. The fraction of sp³-hybridized carbons (Fsp3) is 0.409. The molecule has 3 rings (SSSR count). The molecule has 1 fully saturated rings. The molecular formula is C22H28N2O3S. The first-order chi connectivity index (χ1) is 13.2. The van der Waals surface area contributed by atoms with E-state index in [9.17, 15) is 13.2 Å². The molecule has 2 aromatic rings. The molecule has 1 aliphatic heterocycles. The summed E-state index contributed by atoms with van der Waals surface area (Å²) >= 11 is 0. The zero-order valence-corrected chi connectivity index (χ0v) is 17.8. The molecule has 1 atom stereocenters. The molecule has 1 aliphatic rings. The van der Waals surface area contributed by atoms with Gasteiger partial charge in [0.05, 0.1) is 17.5 Å². The monoisotopic (exact) mass is 400 g/mol. The number of benzene rings is 2. The summed E-state index contributed by atoms with van der Waals surface area (Å²) < 4.78 is 26.4. The van der Waals surface area contributed by atoms with Crippen LogP contribution in [0.3, 0.4) is 0 Å². The third-order valence-electron chi connectivity index (χ3n) is 5.34. The Kier molecular flexibility index (Phi) is 5.79. The van der Waals surface area contributed by atoms with Crippen molar-refractivity contribution in [2.45, 2.75) is 46.6 Å².